The molecule has 0 N–H and O–H groups in total. The number of hydrogen-bond acceptors (Lipinski definition) is 2. The number of rotatable bonds is 4. The lowest BCUT2D eigenvalue weighted by Gasteiger charge is -2.20. The zero-order valence-corrected chi connectivity index (χ0v) is 9.53. The first-order valence-corrected chi connectivity index (χ1v) is 5.47. The number of para-hydroxylation sites is 1. The predicted octanol–water partition coefficient (Wildman–Crippen LogP) is 3.44. The zero-order chi connectivity index (χ0) is 11.4. The van der Waals surface area contributed by atoms with Crippen molar-refractivity contribution >= 4 is 5.57 Å². The van der Waals surface area contributed by atoms with Gasteiger partial charge in [0.2, 0.25) is 0 Å². The molecule has 1 aliphatic rings. The van der Waals surface area contributed by atoms with Crippen LogP contribution in [0.5, 0.6) is 11.5 Å². The number of ether oxygens (including phenoxy) is 2. The fourth-order valence-electron chi connectivity index (χ4n) is 1.91. The monoisotopic (exact) mass is 216 g/mol. The maximum Gasteiger partial charge on any atom is 0.169 e. The molecular formula is C14H16O2. The van der Waals surface area contributed by atoms with Gasteiger partial charge in [0.15, 0.2) is 11.5 Å². The van der Waals surface area contributed by atoms with Crippen molar-refractivity contribution in [2.45, 2.75) is 12.8 Å². The quantitative estimate of drug-likeness (QED) is 0.718. The van der Waals surface area contributed by atoms with Crippen LogP contribution in [-0.4, -0.2) is 13.7 Å². The lowest BCUT2D eigenvalue weighted by molar-refractivity contribution is 0.321. The average Bonchev–Trinajstić information content (AvgIpc) is 2.35. The van der Waals surface area contributed by atoms with Crippen molar-refractivity contribution in [1.29, 1.82) is 0 Å². The maximum atomic E-state index is 5.63. The number of hydrogen-bond donors (Lipinski definition) is 0. The van der Waals surface area contributed by atoms with E-state index in [1.807, 2.05) is 18.2 Å². The summed E-state index contributed by atoms with van der Waals surface area (Å²) >= 11 is 0. The Bertz CT molecular complexity index is 419. The largest absolute Gasteiger partial charge is 0.493 e. The molecule has 2 nitrogen and oxygen atoms in total. The molecule has 0 fully saturated rings. The highest BCUT2D eigenvalue weighted by Crippen LogP contribution is 2.39. The van der Waals surface area contributed by atoms with E-state index in [2.05, 4.69) is 18.7 Å². The minimum absolute atomic E-state index is 0.625. The molecular weight excluding hydrogens is 200 g/mol. The molecule has 0 unspecified atom stereocenters. The van der Waals surface area contributed by atoms with Gasteiger partial charge < -0.3 is 9.47 Å². The van der Waals surface area contributed by atoms with Gasteiger partial charge in [-0.3, -0.25) is 0 Å². The van der Waals surface area contributed by atoms with Crippen LogP contribution in [0.2, 0.25) is 0 Å². The molecule has 1 aliphatic heterocycles. The van der Waals surface area contributed by atoms with Gasteiger partial charge in [-0.1, -0.05) is 18.2 Å². The first-order valence-electron chi connectivity index (χ1n) is 5.47. The van der Waals surface area contributed by atoms with Crippen LogP contribution in [0.3, 0.4) is 0 Å². The van der Waals surface area contributed by atoms with E-state index in [1.54, 1.807) is 7.11 Å². The maximum absolute atomic E-state index is 5.63. The van der Waals surface area contributed by atoms with Gasteiger partial charge in [0.25, 0.3) is 0 Å². The van der Waals surface area contributed by atoms with Gasteiger partial charge in [-0.25, -0.2) is 0 Å². The zero-order valence-electron chi connectivity index (χ0n) is 9.53. The molecule has 84 valence electrons. The molecule has 0 atom stereocenters. The molecule has 1 heterocycles. The molecule has 0 aromatic heterocycles. The summed E-state index contributed by atoms with van der Waals surface area (Å²) in [5.74, 6) is 1.67. The summed E-state index contributed by atoms with van der Waals surface area (Å²) in [7, 11) is 1.67. The van der Waals surface area contributed by atoms with Gasteiger partial charge in [-0.05, 0) is 30.6 Å². The van der Waals surface area contributed by atoms with Crippen molar-refractivity contribution in [2.75, 3.05) is 13.7 Å². The van der Waals surface area contributed by atoms with Crippen LogP contribution in [0.15, 0.2) is 36.9 Å². The smallest absolute Gasteiger partial charge is 0.169 e. The van der Waals surface area contributed by atoms with Crippen molar-refractivity contribution < 1.29 is 9.47 Å². The second-order valence-corrected chi connectivity index (χ2v) is 3.70. The van der Waals surface area contributed by atoms with E-state index in [9.17, 15) is 0 Å². The summed E-state index contributed by atoms with van der Waals surface area (Å²) in [4.78, 5) is 0. The van der Waals surface area contributed by atoms with Crippen molar-refractivity contribution in [3.05, 3.63) is 42.5 Å². The highest BCUT2D eigenvalue weighted by molar-refractivity contribution is 5.74. The normalized spacial score (nSPS) is 13.4. The molecule has 0 saturated carbocycles. The highest BCUT2D eigenvalue weighted by Gasteiger charge is 2.16. The number of benzene rings is 1. The molecule has 0 aliphatic carbocycles. The van der Waals surface area contributed by atoms with Crippen molar-refractivity contribution in [3.63, 3.8) is 0 Å². The summed E-state index contributed by atoms with van der Waals surface area (Å²) in [5.41, 5.74) is 2.47. The Morgan fingerprint density at radius 3 is 3.12 bits per heavy atom. The van der Waals surface area contributed by atoms with Crippen molar-refractivity contribution in [1.82, 2.24) is 0 Å². The summed E-state index contributed by atoms with van der Waals surface area (Å²) in [6.45, 7) is 4.38. The molecule has 2 rings (SSSR count). The highest BCUT2D eigenvalue weighted by atomic mass is 16.5. The van der Waals surface area contributed by atoms with E-state index in [0.29, 0.717) is 6.61 Å². The fraction of sp³-hybridized carbons (Fsp3) is 0.286. The fourth-order valence-corrected chi connectivity index (χ4v) is 1.91. The minimum atomic E-state index is 0.625. The summed E-state index contributed by atoms with van der Waals surface area (Å²) in [6, 6.07) is 6.00. The van der Waals surface area contributed by atoms with Gasteiger partial charge in [-0.15, -0.1) is 6.58 Å². The Hall–Kier alpha value is -1.70. The lowest BCUT2D eigenvalue weighted by atomic mass is 9.98. The van der Waals surface area contributed by atoms with Crippen LogP contribution in [-0.2, 0) is 0 Å². The SMILES string of the molecule is C=CCCC1=CCOc2c(OC)cccc21. The standard InChI is InChI=1S/C14H16O2/c1-3-4-6-11-9-10-16-14-12(11)7-5-8-13(14)15-2/h3,5,7-9H,1,4,6,10H2,2H3. The van der Waals surface area contributed by atoms with Crippen LogP contribution in [0.25, 0.3) is 5.57 Å². The Labute approximate surface area is 96.2 Å². The van der Waals surface area contributed by atoms with Crippen molar-refractivity contribution in [3.8, 4) is 11.5 Å². The van der Waals surface area contributed by atoms with Crippen LogP contribution in [0, 0.1) is 0 Å². The molecule has 0 bridgehead atoms. The molecule has 0 amide bonds. The molecule has 0 spiro atoms. The van der Waals surface area contributed by atoms with E-state index in [0.717, 1.165) is 29.9 Å². The Morgan fingerprint density at radius 2 is 2.38 bits per heavy atom. The lowest BCUT2D eigenvalue weighted by Crippen LogP contribution is -2.06. The van der Waals surface area contributed by atoms with Crippen LogP contribution < -0.4 is 9.47 Å². The topological polar surface area (TPSA) is 18.5 Å². The second-order valence-electron chi connectivity index (χ2n) is 3.70. The first kappa shape index (κ1) is 10.8. The van der Waals surface area contributed by atoms with Crippen LogP contribution in [0.1, 0.15) is 18.4 Å². The second kappa shape index (κ2) is 4.88. The summed E-state index contributed by atoms with van der Waals surface area (Å²) < 4.78 is 10.9. The van der Waals surface area contributed by atoms with Gasteiger partial charge in [0, 0.05) is 5.56 Å². The average molecular weight is 216 g/mol. The summed E-state index contributed by atoms with van der Waals surface area (Å²) in [5, 5.41) is 0. The van der Waals surface area contributed by atoms with Gasteiger partial charge in [0.1, 0.15) is 6.61 Å². The van der Waals surface area contributed by atoms with E-state index in [1.165, 1.54) is 5.57 Å². The number of fused-ring (bicyclic) bond motifs is 1. The van der Waals surface area contributed by atoms with E-state index < -0.39 is 0 Å². The van der Waals surface area contributed by atoms with Gasteiger partial charge in [-0.2, -0.15) is 0 Å². The predicted molar refractivity (Wildman–Crippen MR) is 65.9 cm³/mol. The minimum Gasteiger partial charge on any atom is -0.493 e. The molecule has 1 aromatic carbocycles. The number of methoxy groups -OCH3 is 1. The molecule has 16 heavy (non-hydrogen) atoms. The van der Waals surface area contributed by atoms with E-state index >= 15 is 0 Å². The Balaban J connectivity index is 2.34. The third kappa shape index (κ3) is 1.96. The first-order chi connectivity index (χ1) is 7.86. The molecule has 0 radical (unpaired) electrons. The van der Waals surface area contributed by atoms with E-state index in [-0.39, 0.29) is 0 Å². The van der Waals surface area contributed by atoms with E-state index in [4.69, 9.17) is 9.47 Å². The summed E-state index contributed by atoms with van der Waals surface area (Å²) in [6.07, 6.45) is 6.07. The molecule has 0 saturated heterocycles. The molecule has 2 heteroatoms. The third-order valence-electron chi connectivity index (χ3n) is 2.72. The van der Waals surface area contributed by atoms with Crippen LogP contribution >= 0.6 is 0 Å². The Morgan fingerprint density at radius 1 is 1.50 bits per heavy atom. The van der Waals surface area contributed by atoms with Crippen LogP contribution in [0.4, 0.5) is 0 Å². The van der Waals surface area contributed by atoms with Crippen molar-refractivity contribution in [2.24, 2.45) is 0 Å². The van der Waals surface area contributed by atoms with Gasteiger partial charge >= 0.3 is 0 Å². The molecule has 1 aromatic rings. The Kier molecular flexibility index (Phi) is 3.30. The number of allylic oxidation sites excluding steroid dienone is 2. The van der Waals surface area contributed by atoms with Gasteiger partial charge in [0.05, 0.1) is 7.11 Å². The third-order valence-corrected chi connectivity index (χ3v) is 2.72.